The van der Waals surface area contributed by atoms with E-state index in [-0.39, 0.29) is 6.10 Å². The van der Waals surface area contributed by atoms with Gasteiger partial charge in [0.15, 0.2) is 0 Å². The van der Waals surface area contributed by atoms with Gasteiger partial charge in [-0.2, -0.15) is 5.10 Å². The number of aryl methyl sites for hydroxylation is 1. The van der Waals surface area contributed by atoms with E-state index in [1.165, 1.54) is 6.42 Å². The largest absolute Gasteiger partial charge is 0.393 e. The van der Waals surface area contributed by atoms with Crippen LogP contribution in [0.2, 0.25) is 0 Å². The summed E-state index contributed by atoms with van der Waals surface area (Å²) in [6, 6.07) is 2.03. The molecular formula is C10H16N2O. The number of nitrogens with zero attached hydrogens (tertiary/aromatic N) is 2. The molecule has 0 spiro atoms. The molecule has 0 unspecified atom stereocenters. The lowest BCUT2D eigenvalue weighted by molar-refractivity contribution is 0.132. The molecule has 0 radical (unpaired) electrons. The van der Waals surface area contributed by atoms with E-state index in [2.05, 4.69) is 5.10 Å². The molecular weight excluding hydrogens is 164 g/mol. The molecule has 1 fully saturated rings. The van der Waals surface area contributed by atoms with Crippen molar-refractivity contribution in [3.63, 3.8) is 0 Å². The topological polar surface area (TPSA) is 38.0 Å². The van der Waals surface area contributed by atoms with Crippen LogP contribution in [0.5, 0.6) is 0 Å². The van der Waals surface area contributed by atoms with Gasteiger partial charge < -0.3 is 5.11 Å². The summed E-state index contributed by atoms with van der Waals surface area (Å²) < 4.78 is 1.82. The van der Waals surface area contributed by atoms with Crippen LogP contribution in [0.25, 0.3) is 0 Å². The van der Waals surface area contributed by atoms with Gasteiger partial charge in [-0.25, -0.2) is 0 Å². The monoisotopic (exact) mass is 180 g/mol. The highest BCUT2D eigenvalue weighted by atomic mass is 16.3. The van der Waals surface area contributed by atoms with Gasteiger partial charge in [0.1, 0.15) is 0 Å². The Labute approximate surface area is 78.4 Å². The molecule has 1 saturated carbocycles. The van der Waals surface area contributed by atoms with E-state index in [9.17, 15) is 5.11 Å². The van der Waals surface area contributed by atoms with Crippen molar-refractivity contribution in [2.24, 2.45) is 13.0 Å². The zero-order valence-electron chi connectivity index (χ0n) is 7.98. The molecule has 1 aromatic rings. The predicted octanol–water partition coefficient (Wildman–Crippen LogP) is 1.12. The molecule has 0 bridgehead atoms. The van der Waals surface area contributed by atoms with Crippen molar-refractivity contribution >= 4 is 0 Å². The van der Waals surface area contributed by atoms with Crippen molar-refractivity contribution in [3.8, 4) is 0 Å². The van der Waals surface area contributed by atoms with E-state index >= 15 is 0 Å². The Morgan fingerprint density at radius 1 is 1.62 bits per heavy atom. The van der Waals surface area contributed by atoms with Gasteiger partial charge in [-0.15, -0.1) is 0 Å². The second-order valence-electron chi connectivity index (χ2n) is 3.94. The first-order valence-electron chi connectivity index (χ1n) is 4.92. The van der Waals surface area contributed by atoms with Crippen LogP contribution in [0.15, 0.2) is 12.3 Å². The van der Waals surface area contributed by atoms with Gasteiger partial charge in [0.05, 0.1) is 11.8 Å². The fourth-order valence-electron chi connectivity index (χ4n) is 2.10. The van der Waals surface area contributed by atoms with Crippen molar-refractivity contribution in [3.05, 3.63) is 18.0 Å². The van der Waals surface area contributed by atoms with Crippen LogP contribution in [-0.2, 0) is 13.5 Å². The Balaban J connectivity index is 1.97. The molecule has 0 saturated heterocycles. The summed E-state index contributed by atoms with van der Waals surface area (Å²) >= 11 is 0. The third-order valence-corrected chi connectivity index (χ3v) is 2.86. The van der Waals surface area contributed by atoms with E-state index in [0.29, 0.717) is 5.92 Å². The van der Waals surface area contributed by atoms with E-state index in [4.69, 9.17) is 0 Å². The van der Waals surface area contributed by atoms with E-state index in [0.717, 1.165) is 25.0 Å². The summed E-state index contributed by atoms with van der Waals surface area (Å²) in [5, 5.41) is 13.9. The van der Waals surface area contributed by atoms with E-state index in [1.807, 2.05) is 24.0 Å². The van der Waals surface area contributed by atoms with Crippen molar-refractivity contribution in [1.82, 2.24) is 9.78 Å². The van der Waals surface area contributed by atoms with Gasteiger partial charge >= 0.3 is 0 Å². The van der Waals surface area contributed by atoms with Gasteiger partial charge in [-0.05, 0) is 31.2 Å². The van der Waals surface area contributed by atoms with Crippen LogP contribution >= 0.6 is 0 Å². The lowest BCUT2D eigenvalue weighted by Crippen LogP contribution is -2.15. The molecule has 1 aliphatic carbocycles. The first-order valence-corrected chi connectivity index (χ1v) is 4.92. The molecule has 1 N–H and O–H groups in total. The molecule has 0 aromatic carbocycles. The minimum Gasteiger partial charge on any atom is -0.393 e. The van der Waals surface area contributed by atoms with Crippen LogP contribution in [0.4, 0.5) is 0 Å². The molecule has 2 atom stereocenters. The quantitative estimate of drug-likeness (QED) is 0.740. The predicted molar refractivity (Wildman–Crippen MR) is 50.3 cm³/mol. The van der Waals surface area contributed by atoms with Crippen molar-refractivity contribution in [1.29, 1.82) is 0 Å². The number of hydrogen-bond donors (Lipinski definition) is 1. The minimum absolute atomic E-state index is 0.0954. The summed E-state index contributed by atoms with van der Waals surface area (Å²) in [6.45, 7) is 0. The third-order valence-electron chi connectivity index (χ3n) is 2.86. The number of hydrogen-bond acceptors (Lipinski definition) is 2. The molecule has 1 heterocycles. The van der Waals surface area contributed by atoms with Crippen molar-refractivity contribution in [2.75, 3.05) is 0 Å². The third kappa shape index (κ3) is 1.91. The van der Waals surface area contributed by atoms with Gasteiger partial charge in [-0.3, -0.25) is 4.68 Å². The highest BCUT2D eigenvalue weighted by Gasteiger charge is 2.25. The van der Waals surface area contributed by atoms with Crippen LogP contribution in [0.1, 0.15) is 25.0 Å². The molecule has 1 aliphatic rings. The van der Waals surface area contributed by atoms with Gasteiger partial charge in [-0.1, -0.05) is 6.42 Å². The van der Waals surface area contributed by atoms with Crippen LogP contribution in [-0.4, -0.2) is 21.0 Å². The van der Waals surface area contributed by atoms with Gasteiger partial charge in [0, 0.05) is 13.2 Å². The molecule has 3 heteroatoms. The average Bonchev–Trinajstić information content (AvgIpc) is 2.64. The maximum atomic E-state index is 9.62. The maximum absolute atomic E-state index is 9.62. The SMILES string of the molecule is Cn1ccc(C[C@@H]2CCC[C@H]2O)n1. The van der Waals surface area contributed by atoms with Crippen molar-refractivity contribution in [2.45, 2.75) is 31.8 Å². The second-order valence-corrected chi connectivity index (χ2v) is 3.94. The minimum atomic E-state index is -0.0954. The summed E-state index contributed by atoms with van der Waals surface area (Å²) in [6.07, 6.45) is 6.08. The molecule has 13 heavy (non-hydrogen) atoms. The number of rotatable bonds is 2. The normalized spacial score (nSPS) is 28.2. The Morgan fingerprint density at radius 2 is 2.46 bits per heavy atom. The maximum Gasteiger partial charge on any atom is 0.0628 e. The summed E-state index contributed by atoms with van der Waals surface area (Å²) in [5.74, 6) is 0.440. The fourth-order valence-corrected chi connectivity index (χ4v) is 2.10. The summed E-state index contributed by atoms with van der Waals surface area (Å²) in [7, 11) is 1.93. The van der Waals surface area contributed by atoms with Gasteiger partial charge in [0.25, 0.3) is 0 Å². The highest BCUT2D eigenvalue weighted by molar-refractivity contribution is 5.01. The van der Waals surface area contributed by atoms with Crippen molar-refractivity contribution < 1.29 is 5.11 Å². The Kier molecular flexibility index (Phi) is 2.36. The Hall–Kier alpha value is -0.830. The standard InChI is InChI=1S/C10H16N2O/c1-12-6-5-9(11-12)7-8-3-2-4-10(8)13/h5-6,8,10,13H,2-4,7H2,1H3/t8-,10+/m0/s1. The number of aromatic nitrogens is 2. The lowest BCUT2D eigenvalue weighted by atomic mass is 10.00. The molecule has 1 aromatic heterocycles. The number of aliphatic hydroxyl groups is 1. The molecule has 2 rings (SSSR count). The zero-order chi connectivity index (χ0) is 9.26. The molecule has 0 aliphatic heterocycles. The van der Waals surface area contributed by atoms with E-state index < -0.39 is 0 Å². The highest BCUT2D eigenvalue weighted by Crippen LogP contribution is 2.27. The Morgan fingerprint density at radius 3 is 3.00 bits per heavy atom. The van der Waals surface area contributed by atoms with Gasteiger partial charge in [0.2, 0.25) is 0 Å². The zero-order valence-corrected chi connectivity index (χ0v) is 7.98. The average molecular weight is 180 g/mol. The molecule has 72 valence electrons. The Bertz CT molecular complexity index is 282. The lowest BCUT2D eigenvalue weighted by Gasteiger charge is -2.11. The fraction of sp³-hybridized carbons (Fsp3) is 0.700. The summed E-state index contributed by atoms with van der Waals surface area (Å²) in [5.41, 5.74) is 1.11. The van der Waals surface area contributed by atoms with Crippen LogP contribution in [0, 0.1) is 5.92 Å². The first-order chi connectivity index (χ1) is 6.25. The number of aliphatic hydroxyl groups excluding tert-OH is 1. The smallest absolute Gasteiger partial charge is 0.0628 e. The van der Waals surface area contributed by atoms with Crippen LogP contribution < -0.4 is 0 Å². The first kappa shape index (κ1) is 8.75. The van der Waals surface area contributed by atoms with Crippen LogP contribution in [0.3, 0.4) is 0 Å². The second kappa shape index (κ2) is 3.50. The molecule has 3 nitrogen and oxygen atoms in total. The summed E-state index contributed by atoms with van der Waals surface area (Å²) in [4.78, 5) is 0. The van der Waals surface area contributed by atoms with E-state index in [1.54, 1.807) is 0 Å². The molecule has 0 amide bonds.